The van der Waals surface area contributed by atoms with Crippen LogP contribution in [0, 0.1) is 10.1 Å². The number of nitrogens with zero attached hydrogens (tertiary/aromatic N) is 1. The Hall–Kier alpha value is 1.26. The van der Waals surface area contributed by atoms with Crippen LogP contribution in [-0.2, 0) is 0 Å². The number of hydrogen-bond donors (Lipinski definition) is 1. The molecule has 70 valence electrons. The van der Waals surface area contributed by atoms with E-state index in [9.17, 15) is 0 Å². The summed E-state index contributed by atoms with van der Waals surface area (Å²) in [7, 11) is 0. The summed E-state index contributed by atoms with van der Waals surface area (Å²) in [4.78, 5) is 8.36. The van der Waals surface area contributed by atoms with Crippen molar-refractivity contribution in [2.75, 3.05) is 0 Å². The van der Waals surface area contributed by atoms with E-state index in [4.69, 9.17) is 15.3 Å². The Morgan fingerprint density at radius 3 is 1.09 bits per heavy atom. The predicted molar refractivity (Wildman–Crippen MR) is 35.9 cm³/mol. The van der Waals surface area contributed by atoms with Gasteiger partial charge >= 0.3 is 67.3 Å². The molecule has 0 aromatic heterocycles. The zero-order valence-electron chi connectivity index (χ0n) is 8.92. The fourth-order valence-corrected chi connectivity index (χ4v) is 0. The zero-order chi connectivity index (χ0) is 3.58. The van der Waals surface area contributed by atoms with E-state index in [0.717, 1.165) is 0 Å². The van der Waals surface area contributed by atoms with E-state index >= 15 is 0 Å². The van der Waals surface area contributed by atoms with Gasteiger partial charge in [0.2, 0.25) is 0 Å². The van der Waals surface area contributed by atoms with Crippen LogP contribution in [0.15, 0.2) is 0 Å². The summed E-state index contributed by atoms with van der Waals surface area (Å²) < 4.78 is 0. The molecule has 0 unspecified atom stereocenters. The minimum atomic E-state index is -1.50. The smallest absolute Gasteiger partial charge is 1.00 e. The standard InChI is InChI=1S/Ca.HNO3.Na.5H2O.3H/c;2-1(3)4;;;;;;;;;/h;(H,2,3,4);;5*1H2;;;/q+2;;+1;;;;;;3*-1. The summed E-state index contributed by atoms with van der Waals surface area (Å²) in [6, 6.07) is 0. The van der Waals surface area contributed by atoms with Crippen LogP contribution < -0.4 is 29.6 Å². The van der Waals surface area contributed by atoms with Crippen molar-refractivity contribution in [2.24, 2.45) is 0 Å². The van der Waals surface area contributed by atoms with E-state index in [2.05, 4.69) is 0 Å². The maximum absolute atomic E-state index is 8.36. The summed E-state index contributed by atoms with van der Waals surface area (Å²) in [6.07, 6.45) is 0. The molecule has 0 aliphatic carbocycles. The van der Waals surface area contributed by atoms with Crippen molar-refractivity contribution in [1.29, 1.82) is 0 Å². The Labute approximate surface area is 118 Å². The molecule has 0 heterocycles. The molecule has 0 fully saturated rings. The molecule has 0 rings (SSSR count). The van der Waals surface area contributed by atoms with Crippen LogP contribution in [0.25, 0.3) is 0 Å². The van der Waals surface area contributed by atoms with Crippen LogP contribution in [-0.4, -0.2) is 75.4 Å². The van der Waals surface area contributed by atoms with Crippen LogP contribution in [0.5, 0.6) is 0 Å². The quantitative estimate of drug-likeness (QED) is 0.238. The first-order chi connectivity index (χ1) is 1.73. The second-order valence-electron chi connectivity index (χ2n) is 0.238. The van der Waals surface area contributed by atoms with Gasteiger partial charge in [-0.2, -0.15) is 0 Å². The van der Waals surface area contributed by atoms with Crippen molar-refractivity contribution in [3.05, 3.63) is 10.1 Å². The van der Waals surface area contributed by atoms with E-state index in [-0.39, 0.29) is 99.0 Å². The Kier molecular flexibility index (Phi) is 509. The third-order valence-electron chi connectivity index (χ3n) is 0. The third-order valence-corrected chi connectivity index (χ3v) is 0. The largest absolute Gasteiger partial charge is 2.00 e. The third kappa shape index (κ3) is 608. The monoisotopic (exact) mass is 219 g/mol. The fraction of sp³-hybridized carbons (Fsp3) is 0. The SMILES string of the molecule is O.O.O.O.O.O=[N+]([O-])O.[Ca+2].[H-].[H-].[H-].[Na+]. The van der Waals surface area contributed by atoms with Gasteiger partial charge in [-0.25, -0.2) is 0 Å². The van der Waals surface area contributed by atoms with Gasteiger partial charge in [-0.1, -0.05) is 0 Å². The van der Waals surface area contributed by atoms with Crippen LogP contribution >= 0.6 is 0 Å². The molecule has 0 aromatic rings. The molecule has 11 N–H and O–H groups in total. The maximum atomic E-state index is 8.36. The van der Waals surface area contributed by atoms with Crippen LogP contribution in [0.3, 0.4) is 0 Å². The van der Waals surface area contributed by atoms with Crippen molar-refractivity contribution in [1.82, 2.24) is 0 Å². The molecule has 0 saturated carbocycles. The molecule has 0 aromatic carbocycles. The van der Waals surface area contributed by atoms with Gasteiger partial charge in [0.25, 0.3) is 5.09 Å². The first-order valence-electron chi connectivity index (χ1n) is 0.565. The molecule has 0 spiro atoms. The predicted octanol–water partition coefficient (Wildman–Crippen LogP) is -7.51. The molecular formula is H14CaNNaO8. The summed E-state index contributed by atoms with van der Waals surface area (Å²) in [5.74, 6) is 0. The van der Waals surface area contributed by atoms with Gasteiger partial charge in [-0.15, -0.1) is 10.1 Å². The first kappa shape index (κ1) is 85.7. The van der Waals surface area contributed by atoms with Crippen molar-refractivity contribution in [2.45, 2.75) is 0 Å². The average molecular weight is 219 g/mol. The molecule has 11 heteroatoms. The molecule has 0 amide bonds. The molecule has 0 aliphatic rings. The Morgan fingerprint density at radius 2 is 1.09 bits per heavy atom. The summed E-state index contributed by atoms with van der Waals surface area (Å²) >= 11 is 0. The first-order valence-corrected chi connectivity index (χ1v) is 0.565. The zero-order valence-corrected chi connectivity index (χ0v) is 10.1. The second kappa shape index (κ2) is 65.3. The summed E-state index contributed by atoms with van der Waals surface area (Å²) in [5, 5.41) is 13.6. The van der Waals surface area contributed by atoms with E-state index in [1.807, 2.05) is 0 Å². The Bertz CT molecular complexity index is 47.6. The summed E-state index contributed by atoms with van der Waals surface area (Å²) in [6.45, 7) is 0. The van der Waals surface area contributed by atoms with Crippen molar-refractivity contribution < 1.29 is 71.5 Å². The Morgan fingerprint density at radius 1 is 1.09 bits per heavy atom. The van der Waals surface area contributed by atoms with Crippen LogP contribution in [0.2, 0.25) is 0 Å². The molecule has 0 radical (unpaired) electrons. The average Bonchev–Trinajstić information content (AvgIpc) is 0.811. The van der Waals surface area contributed by atoms with Gasteiger partial charge < -0.3 is 36.9 Å². The molecule has 0 bridgehead atoms. The minimum Gasteiger partial charge on any atom is -1.00 e. The molecular weight excluding hydrogens is 205 g/mol. The van der Waals surface area contributed by atoms with Gasteiger partial charge in [-0.05, 0) is 0 Å². The minimum absolute atomic E-state index is 0. The van der Waals surface area contributed by atoms with E-state index in [1.54, 1.807) is 0 Å². The second-order valence-corrected chi connectivity index (χ2v) is 0.238. The molecule has 0 atom stereocenters. The van der Waals surface area contributed by atoms with Gasteiger partial charge in [-0.3, -0.25) is 0 Å². The van der Waals surface area contributed by atoms with Gasteiger partial charge in [0.15, 0.2) is 0 Å². The van der Waals surface area contributed by atoms with Crippen LogP contribution in [0.1, 0.15) is 4.28 Å². The van der Waals surface area contributed by atoms with Crippen molar-refractivity contribution in [3.63, 3.8) is 0 Å². The Balaban J connectivity index is -0.000000001000. The number of hydrogen-bond acceptors (Lipinski definition) is 2. The fourth-order valence-electron chi connectivity index (χ4n) is 0. The number of rotatable bonds is 0. The summed E-state index contributed by atoms with van der Waals surface area (Å²) in [5.41, 5.74) is 0. The van der Waals surface area contributed by atoms with Crippen LogP contribution in [0.4, 0.5) is 0 Å². The van der Waals surface area contributed by atoms with Gasteiger partial charge in [0.1, 0.15) is 0 Å². The van der Waals surface area contributed by atoms with Crippen molar-refractivity contribution in [3.8, 4) is 0 Å². The molecule has 9 nitrogen and oxygen atoms in total. The van der Waals surface area contributed by atoms with Gasteiger partial charge in [0.05, 0.1) is 0 Å². The maximum Gasteiger partial charge on any atom is 2.00 e. The normalized spacial score (nSPS) is 2.18. The van der Waals surface area contributed by atoms with E-state index in [0.29, 0.717) is 0 Å². The van der Waals surface area contributed by atoms with Crippen molar-refractivity contribution >= 4 is 37.7 Å². The molecule has 0 aliphatic heterocycles. The topological polar surface area (TPSA) is 221 Å². The molecule has 0 saturated heterocycles. The molecule has 11 heavy (non-hydrogen) atoms. The van der Waals surface area contributed by atoms with E-state index in [1.165, 1.54) is 0 Å². The van der Waals surface area contributed by atoms with E-state index < -0.39 is 5.09 Å². The van der Waals surface area contributed by atoms with Gasteiger partial charge in [0, 0.05) is 0 Å².